The second kappa shape index (κ2) is 8.41. The third kappa shape index (κ3) is 4.77. The zero-order chi connectivity index (χ0) is 17.6. The lowest BCUT2D eigenvalue weighted by molar-refractivity contribution is 0.113. The van der Waals surface area contributed by atoms with E-state index in [4.69, 9.17) is 4.99 Å². The maximum absolute atomic E-state index is 10.6. The first-order valence-electron chi connectivity index (χ1n) is 9.25. The number of aliphatic imine (C=N–C) groups is 1. The number of aliphatic hydroxyl groups excluding tert-OH is 1. The fourth-order valence-electron chi connectivity index (χ4n) is 3.41. The number of aliphatic hydroxyl groups is 1. The Morgan fingerprint density at radius 2 is 1.92 bits per heavy atom. The van der Waals surface area contributed by atoms with E-state index in [0.717, 1.165) is 35.5 Å². The maximum Gasteiger partial charge on any atom is 0.0734 e. The van der Waals surface area contributed by atoms with Crippen LogP contribution in [0.1, 0.15) is 42.9 Å². The van der Waals surface area contributed by atoms with Crippen molar-refractivity contribution in [2.24, 2.45) is 4.99 Å². The number of hydrogen-bond donors (Lipinski definition) is 2. The molecule has 25 heavy (non-hydrogen) atoms. The van der Waals surface area contributed by atoms with Gasteiger partial charge in [0.15, 0.2) is 0 Å². The van der Waals surface area contributed by atoms with E-state index in [1.165, 1.54) is 18.4 Å². The summed E-state index contributed by atoms with van der Waals surface area (Å²) in [5, 5.41) is 14.1. The molecule has 1 fully saturated rings. The zero-order valence-electron chi connectivity index (χ0n) is 15.2. The molecule has 0 unspecified atom stereocenters. The smallest absolute Gasteiger partial charge is 0.0734 e. The van der Waals surface area contributed by atoms with E-state index in [9.17, 15) is 5.11 Å². The Balaban J connectivity index is 1.78. The molecule has 0 aliphatic carbocycles. The topological polar surface area (TPSA) is 44.6 Å². The predicted molar refractivity (Wildman–Crippen MR) is 105 cm³/mol. The van der Waals surface area contributed by atoms with Crippen molar-refractivity contribution in [1.82, 2.24) is 5.32 Å². The van der Waals surface area contributed by atoms with E-state index < -0.39 is 0 Å². The minimum Gasteiger partial charge on any atom is -0.391 e. The van der Waals surface area contributed by atoms with Crippen LogP contribution in [0.2, 0.25) is 0 Å². The van der Waals surface area contributed by atoms with E-state index in [1.807, 2.05) is 25.1 Å². The first kappa shape index (κ1) is 17.8. The van der Waals surface area contributed by atoms with Crippen LogP contribution >= 0.6 is 0 Å². The third-order valence-corrected chi connectivity index (χ3v) is 4.99. The summed E-state index contributed by atoms with van der Waals surface area (Å²) < 4.78 is 0. The van der Waals surface area contributed by atoms with Gasteiger partial charge in [-0.25, -0.2) is 0 Å². The highest BCUT2D eigenvalue weighted by Gasteiger charge is 2.22. The SMILES string of the molecule is C/C(=N\c1ccccc1C[C@H](O)[C@@H]1CCCCN1)c1ccc(C)cc1. The van der Waals surface area contributed by atoms with Gasteiger partial charge in [0.2, 0.25) is 0 Å². The number of aryl methyl sites for hydroxylation is 1. The van der Waals surface area contributed by atoms with Crippen molar-refractivity contribution in [3.63, 3.8) is 0 Å². The second-order valence-electron chi connectivity index (χ2n) is 7.02. The van der Waals surface area contributed by atoms with Crippen molar-refractivity contribution >= 4 is 11.4 Å². The summed E-state index contributed by atoms with van der Waals surface area (Å²) in [5.74, 6) is 0. The second-order valence-corrected chi connectivity index (χ2v) is 7.02. The normalized spacial score (nSPS) is 19.6. The van der Waals surface area contributed by atoms with E-state index >= 15 is 0 Å². The zero-order valence-corrected chi connectivity index (χ0v) is 15.2. The van der Waals surface area contributed by atoms with E-state index in [0.29, 0.717) is 6.42 Å². The molecular formula is C22H28N2O. The molecule has 0 saturated carbocycles. The Morgan fingerprint density at radius 1 is 1.16 bits per heavy atom. The number of rotatable bonds is 5. The van der Waals surface area contributed by atoms with Crippen molar-refractivity contribution in [2.75, 3.05) is 6.54 Å². The number of nitrogens with one attached hydrogen (secondary N) is 1. The highest BCUT2D eigenvalue weighted by molar-refractivity contribution is 6.00. The molecular weight excluding hydrogens is 308 g/mol. The Hall–Kier alpha value is -1.97. The summed E-state index contributed by atoms with van der Waals surface area (Å²) in [6.07, 6.45) is 3.73. The van der Waals surface area contributed by atoms with Crippen LogP contribution in [0.4, 0.5) is 5.69 Å². The van der Waals surface area contributed by atoms with Crippen LogP contribution in [-0.2, 0) is 6.42 Å². The summed E-state index contributed by atoms with van der Waals surface area (Å²) in [7, 11) is 0. The average molecular weight is 336 g/mol. The molecule has 2 atom stereocenters. The van der Waals surface area contributed by atoms with Gasteiger partial charge in [-0.2, -0.15) is 0 Å². The largest absolute Gasteiger partial charge is 0.391 e. The summed E-state index contributed by atoms with van der Waals surface area (Å²) >= 11 is 0. The molecule has 3 heteroatoms. The Bertz CT molecular complexity index is 715. The van der Waals surface area contributed by atoms with Crippen molar-refractivity contribution in [3.05, 3.63) is 65.2 Å². The lowest BCUT2D eigenvalue weighted by Crippen LogP contribution is -2.44. The van der Waals surface area contributed by atoms with Gasteiger partial charge in [-0.3, -0.25) is 4.99 Å². The molecule has 0 bridgehead atoms. The highest BCUT2D eigenvalue weighted by Crippen LogP contribution is 2.23. The first-order chi connectivity index (χ1) is 12.1. The standard InChI is InChI=1S/C22H28N2O/c1-16-10-12-18(13-11-16)17(2)24-20-8-4-3-7-19(20)15-22(25)21-9-5-6-14-23-21/h3-4,7-8,10-13,21-23,25H,5-6,9,14-15H2,1-2H3/b24-17+/t21-,22-/m0/s1. The Morgan fingerprint density at radius 3 is 2.64 bits per heavy atom. The molecule has 2 aromatic carbocycles. The van der Waals surface area contributed by atoms with Crippen LogP contribution in [0.3, 0.4) is 0 Å². The minimum absolute atomic E-state index is 0.198. The van der Waals surface area contributed by atoms with Crippen LogP contribution in [0.25, 0.3) is 0 Å². The molecule has 0 spiro atoms. The minimum atomic E-state index is -0.365. The van der Waals surface area contributed by atoms with Crippen LogP contribution in [-0.4, -0.2) is 29.5 Å². The molecule has 3 nitrogen and oxygen atoms in total. The highest BCUT2D eigenvalue weighted by atomic mass is 16.3. The summed E-state index contributed by atoms with van der Waals surface area (Å²) in [5.41, 5.74) is 5.44. The van der Waals surface area contributed by atoms with Gasteiger partial charge in [-0.05, 0) is 50.4 Å². The van der Waals surface area contributed by atoms with E-state index in [1.54, 1.807) is 0 Å². The Kier molecular flexibility index (Phi) is 6.00. The molecule has 1 aliphatic rings. The Labute approximate surface area is 150 Å². The van der Waals surface area contributed by atoms with Gasteiger partial charge in [0.1, 0.15) is 0 Å². The van der Waals surface area contributed by atoms with Crippen LogP contribution in [0, 0.1) is 6.92 Å². The van der Waals surface area contributed by atoms with Gasteiger partial charge in [-0.1, -0.05) is 54.4 Å². The molecule has 0 radical (unpaired) electrons. The molecule has 0 amide bonds. The van der Waals surface area contributed by atoms with E-state index in [-0.39, 0.29) is 12.1 Å². The van der Waals surface area contributed by atoms with E-state index in [2.05, 4.69) is 42.6 Å². The molecule has 2 aromatic rings. The van der Waals surface area contributed by atoms with Gasteiger partial charge in [0.25, 0.3) is 0 Å². The summed E-state index contributed by atoms with van der Waals surface area (Å²) in [6.45, 7) is 5.14. The molecule has 2 N–H and O–H groups in total. The van der Waals surface area contributed by atoms with Crippen molar-refractivity contribution in [3.8, 4) is 0 Å². The van der Waals surface area contributed by atoms with Crippen molar-refractivity contribution < 1.29 is 5.11 Å². The monoisotopic (exact) mass is 336 g/mol. The van der Waals surface area contributed by atoms with Gasteiger partial charge in [0.05, 0.1) is 11.8 Å². The fraction of sp³-hybridized carbons (Fsp3) is 0.409. The third-order valence-electron chi connectivity index (χ3n) is 4.99. The lowest BCUT2D eigenvalue weighted by atomic mass is 9.94. The van der Waals surface area contributed by atoms with Gasteiger partial charge < -0.3 is 10.4 Å². The average Bonchev–Trinajstić information content (AvgIpc) is 2.64. The predicted octanol–water partition coefficient (Wildman–Crippen LogP) is 4.18. The van der Waals surface area contributed by atoms with Gasteiger partial charge >= 0.3 is 0 Å². The van der Waals surface area contributed by atoms with Crippen LogP contribution in [0.5, 0.6) is 0 Å². The van der Waals surface area contributed by atoms with Crippen LogP contribution < -0.4 is 5.32 Å². The molecule has 132 valence electrons. The lowest BCUT2D eigenvalue weighted by Gasteiger charge is -2.28. The molecule has 1 aliphatic heterocycles. The van der Waals surface area contributed by atoms with Crippen molar-refractivity contribution in [2.45, 2.75) is 51.7 Å². The summed E-state index contributed by atoms with van der Waals surface area (Å²) in [6, 6.07) is 16.8. The van der Waals surface area contributed by atoms with Crippen LogP contribution in [0.15, 0.2) is 53.5 Å². The maximum atomic E-state index is 10.6. The molecule has 0 aromatic heterocycles. The van der Waals surface area contributed by atoms with Gasteiger partial charge in [-0.15, -0.1) is 0 Å². The van der Waals surface area contributed by atoms with Crippen molar-refractivity contribution in [1.29, 1.82) is 0 Å². The number of piperidine rings is 1. The fourth-order valence-corrected chi connectivity index (χ4v) is 3.41. The number of para-hydroxylation sites is 1. The molecule has 1 saturated heterocycles. The number of benzene rings is 2. The van der Waals surface area contributed by atoms with Gasteiger partial charge in [0, 0.05) is 18.2 Å². The number of hydrogen-bond acceptors (Lipinski definition) is 3. The molecule has 3 rings (SSSR count). The quantitative estimate of drug-likeness (QED) is 0.805. The number of nitrogens with zero attached hydrogens (tertiary/aromatic N) is 1. The summed E-state index contributed by atoms with van der Waals surface area (Å²) in [4.78, 5) is 4.84. The first-order valence-corrected chi connectivity index (χ1v) is 9.25. The molecule has 1 heterocycles.